The molecule has 2 rings (SSSR count). The molecule has 0 aromatic heterocycles. The van der Waals surface area contributed by atoms with Gasteiger partial charge in [-0.1, -0.05) is 42.5 Å². The third-order valence-corrected chi connectivity index (χ3v) is 2.70. The van der Waals surface area contributed by atoms with Gasteiger partial charge >= 0.3 is 0 Å². The fourth-order valence-electron chi connectivity index (χ4n) is 1.87. The minimum absolute atomic E-state index is 0.469. The molecule has 0 saturated carbocycles. The second-order valence-corrected chi connectivity index (χ2v) is 3.99. The van der Waals surface area contributed by atoms with Gasteiger partial charge in [0.25, 0.3) is 0 Å². The Hall–Kier alpha value is -1.34. The Morgan fingerprint density at radius 2 is 1.80 bits per heavy atom. The van der Waals surface area contributed by atoms with E-state index in [1.807, 2.05) is 12.1 Å². The van der Waals surface area contributed by atoms with Crippen LogP contribution in [0.3, 0.4) is 0 Å². The number of rotatable bonds is 3. The highest BCUT2D eigenvalue weighted by atomic mass is 16.3. The quantitative estimate of drug-likeness (QED) is 0.720. The van der Waals surface area contributed by atoms with E-state index < -0.39 is 6.10 Å². The van der Waals surface area contributed by atoms with Gasteiger partial charge in [0, 0.05) is 0 Å². The first kappa shape index (κ1) is 10.2. The molecule has 0 amide bonds. The molecule has 15 heavy (non-hydrogen) atoms. The highest BCUT2D eigenvalue weighted by molar-refractivity contribution is 5.85. The summed E-state index contributed by atoms with van der Waals surface area (Å²) in [5.41, 5.74) is 1.29. The molecule has 0 saturated heterocycles. The number of hydrogen-bond donors (Lipinski definition) is 0. The summed E-state index contributed by atoms with van der Waals surface area (Å²) in [6, 6.07) is 14.6. The summed E-state index contributed by atoms with van der Waals surface area (Å²) in [6.07, 6.45) is 1.13. The van der Waals surface area contributed by atoms with Crippen LogP contribution in [0.5, 0.6) is 0 Å². The van der Waals surface area contributed by atoms with E-state index in [0.717, 1.165) is 6.42 Å². The smallest absolute Gasteiger partial charge is 0.0905 e. The average molecular weight is 199 g/mol. The predicted octanol–water partition coefficient (Wildman–Crippen LogP) is 3.59. The van der Waals surface area contributed by atoms with E-state index in [0.29, 0.717) is 6.42 Å². The van der Waals surface area contributed by atoms with Gasteiger partial charge in [-0.3, -0.25) is 0 Å². The molecule has 0 aliphatic carbocycles. The highest BCUT2D eigenvalue weighted by Gasteiger charge is 2.02. The van der Waals surface area contributed by atoms with E-state index >= 15 is 0 Å². The Morgan fingerprint density at radius 3 is 2.60 bits per heavy atom. The van der Waals surface area contributed by atoms with Crippen LogP contribution in [-0.4, -0.2) is 6.10 Å². The highest BCUT2D eigenvalue weighted by Crippen LogP contribution is 2.20. The van der Waals surface area contributed by atoms with E-state index in [2.05, 4.69) is 30.3 Å². The lowest BCUT2D eigenvalue weighted by atomic mass is 10.00. The van der Waals surface area contributed by atoms with E-state index in [4.69, 9.17) is 0 Å². The first-order chi connectivity index (χ1) is 7.27. The van der Waals surface area contributed by atoms with Gasteiger partial charge in [-0.15, -0.1) is 0 Å². The number of hydrogen-bond acceptors (Lipinski definition) is 0. The molecule has 0 aliphatic heterocycles. The molecule has 2 aromatic carbocycles. The largest absolute Gasteiger partial charge is 0.233 e. The van der Waals surface area contributed by atoms with Crippen molar-refractivity contribution in [3.8, 4) is 0 Å². The van der Waals surface area contributed by atoms with E-state index in [-0.39, 0.29) is 0 Å². The van der Waals surface area contributed by atoms with Gasteiger partial charge in [-0.2, -0.15) is 0 Å². The fourth-order valence-corrected chi connectivity index (χ4v) is 1.87. The molecule has 1 nitrogen and oxygen atoms in total. The summed E-state index contributed by atoms with van der Waals surface area (Å²) in [5, 5.41) is 13.6. The Bertz CT molecular complexity index is 441. The molecule has 0 bridgehead atoms. The second kappa shape index (κ2) is 4.45. The average Bonchev–Trinajstić information content (AvgIpc) is 2.26. The zero-order valence-electron chi connectivity index (χ0n) is 8.94. The standard InChI is InChI=1S/C14H15O/c1-11(15)9-10-13-7-4-6-12-5-2-3-8-14(12)13/h2-8,11H,9-10H2,1H3. The Morgan fingerprint density at radius 1 is 1.07 bits per heavy atom. The van der Waals surface area contributed by atoms with Crippen molar-refractivity contribution in [3.05, 3.63) is 48.0 Å². The molecule has 0 aliphatic rings. The Kier molecular flexibility index (Phi) is 3.02. The number of benzene rings is 2. The summed E-state index contributed by atoms with van der Waals surface area (Å²) in [4.78, 5) is 0. The van der Waals surface area contributed by atoms with Crippen molar-refractivity contribution in [2.45, 2.75) is 25.9 Å². The molecule has 77 valence electrons. The van der Waals surface area contributed by atoms with Crippen LogP contribution in [0.15, 0.2) is 42.5 Å². The van der Waals surface area contributed by atoms with Gasteiger partial charge in [0.1, 0.15) is 0 Å². The minimum Gasteiger partial charge on any atom is -0.233 e. The first-order valence-electron chi connectivity index (χ1n) is 5.40. The first-order valence-corrected chi connectivity index (χ1v) is 5.40. The van der Waals surface area contributed by atoms with Crippen LogP contribution in [-0.2, 0) is 11.5 Å². The van der Waals surface area contributed by atoms with Gasteiger partial charge in [0.2, 0.25) is 0 Å². The lowest BCUT2D eigenvalue weighted by molar-refractivity contribution is 0.0980. The molecule has 2 aromatic rings. The maximum absolute atomic E-state index is 11.0. The normalized spacial score (nSPS) is 12.9. The summed E-state index contributed by atoms with van der Waals surface area (Å²) in [6.45, 7) is 1.73. The monoisotopic (exact) mass is 199 g/mol. The molecule has 0 spiro atoms. The van der Waals surface area contributed by atoms with Crippen LogP contribution in [0, 0.1) is 0 Å². The van der Waals surface area contributed by atoms with E-state index in [1.54, 1.807) is 6.92 Å². The van der Waals surface area contributed by atoms with Crippen LogP contribution in [0.2, 0.25) is 0 Å². The van der Waals surface area contributed by atoms with Crippen molar-refractivity contribution in [2.75, 3.05) is 0 Å². The summed E-state index contributed by atoms with van der Waals surface area (Å²) >= 11 is 0. The summed E-state index contributed by atoms with van der Waals surface area (Å²) in [5.74, 6) is 0. The predicted molar refractivity (Wildman–Crippen MR) is 62.4 cm³/mol. The van der Waals surface area contributed by atoms with Crippen LogP contribution in [0.25, 0.3) is 10.8 Å². The lowest BCUT2D eigenvalue weighted by Gasteiger charge is -2.06. The third kappa shape index (κ3) is 2.37. The van der Waals surface area contributed by atoms with Crippen molar-refractivity contribution < 1.29 is 5.11 Å². The molecule has 1 unspecified atom stereocenters. The van der Waals surface area contributed by atoms with Crippen LogP contribution >= 0.6 is 0 Å². The van der Waals surface area contributed by atoms with Crippen LogP contribution in [0.1, 0.15) is 18.9 Å². The van der Waals surface area contributed by atoms with Crippen molar-refractivity contribution >= 4 is 10.8 Å². The van der Waals surface area contributed by atoms with E-state index in [9.17, 15) is 5.11 Å². The van der Waals surface area contributed by atoms with Gasteiger partial charge < -0.3 is 0 Å². The zero-order valence-corrected chi connectivity index (χ0v) is 8.94. The molecular weight excluding hydrogens is 184 g/mol. The summed E-state index contributed by atoms with van der Waals surface area (Å²) in [7, 11) is 0. The molecular formula is C14H15O. The maximum Gasteiger partial charge on any atom is 0.0905 e. The fraction of sp³-hybridized carbons (Fsp3) is 0.286. The molecule has 0 heterocycles. The molecule has 1 radical (unpaired) electrons. The van der Waals surface area contributed by atoms with Crippen LogP contribution < -0.4 is 0 Å². The van der Waals surface area contributed by atoms with Gasteiger partial charge in [-0.05, 0) is 36.1 Å². The minimum atomic E-state index is -0.469. The molecule has 0 N–H and O–H groups in total. The molecule has 1 atom stereocenters. The number of fused-ring (bicyclic) bond motifs is 1. The zero-order chi connectivity index (χ0) is 10.7. The van der Waals surface area contributed by atoms with Crippen molar-refractivity contribution in [3.63, 3.8) is 0 Å². The molecule has 1 heteroatoms. The second-order valence-electron chi connectivity index (χ2n) is 3.99. The maximum atomic E-state index is 11.0. The van der Waals surface area contributed by atoms with E-state index in [1.165, 1.54) is 16.3 Å². The van der Waals surface area contributed by atoms with Gasteiger partial charge in [0.05, 0.1) is 6.10 Å². The van der Waals surface area contributed by atoms with Crippen molar-refractivity contribution in [1.29, 1.82) is 0 Å². The topological polar surface area (TPSA) is 19.9 Å². The van der Waals surface area contributed by atoms with Crippen molar-refractivity contribution in [1.82, 2.24) is 0 Å². The number of aryl methyl sites for hydroxylation is 1. The van der Waals surface area contributed by atoms with Crippen molar-refractivity contribution in [2.24, 2.45) is 0 Å². The third-order valence-electron chi connectivity index (χ3n) is 2.70. The Labute approximate surface area is 90.4 Å². The Balaban J connectivity index is 2.34. The van der Waals surface area contributed by atoms with Gasteiger partial charge in [-0.25, -0.2) is 5.11 Å². The summed E-state index contributed by atoms with van der Waals surface area (Å²) < 4.78 is 0. The van der Waals surface area contributed by atoms with Crippen LogP contribution in [0.4, 0.5) is 0 Å². The lowest BCUT2D eigenvalue weighted by Crippen LogP contribution is -1.99. The SMILES string of the molecule is CC([O])CCc1cccc2ccccc12. The van der Waals surface area contributed by atoms with Gasteiger partial charge in [0.15, 0.2) is 0 Å². The molecule has 0 fully saturated rings.